The summed E-state index contributed by atoms with van der Waals surface area (Å²) in [7, 11) is 0. The second-order valence-electron chi connectivity index (χ2n) is 7.91. The van der Waals surface area contributed by atoms with Gasteiger partial charge in [0.25, 0.3) is 5.91 Å². The first-order chi connectivity index (χ1) is 13.2. The number of nitrogens with one attached hydrogen (secondary N) is 1. The van der Waals surface area contributed by atoms with Gasteiger partial charge in [0, 0.05) is 11.0 Å². The highest BCUT2D eigenvalue weighted by Gasteiger charge is 2.47. The summed E-state index contributed by atoms with van der Waals surface area (Å²) in [6, 6.07) is 5.23. The number of aromatic nitrogens is 2. The quantitative estimate of drug-likeness (QED) is 0.817. The van der Waals surface area contributed by atoms with Crippen LogP contribution in [-0.2, 0) is 10.2 Å². The summed E-state index contributed by atoms with van der Waals surface area (Å²) in [4.78, 5) is 34.1. The van der Waals surface area contributed by atoms with Gasteiger partial charge in [-0.05, 0) is 31.5 Å². The molecule has 2 aromatic rings. The first kappa shape index (κ1) is 18.2. The molecule has 3 heterocycles. The Hall–Kier alpha value is -3.16. The molecule has 0 unspecified atom stereocenters. The van der Waals surface area contributed by atoms with Crippen molar-refractivity contribution < 1.29 is 19.1 Å². The standard InChI is InChI=1S/C20H22N4O4/c1-5-20(4)16(25)24(18(26)23-20)12-9-21-17(22-10-12)28-13-6-7-15-14(8-13)19(2,3)11-27-15/h6-10H,5,11H2,1-4H3,(H,23,26)/t20-/m1/s1. The molecule has 8 heteroatoms. The molecule has 1 aromatic carbocycles. The molecule has 0 radical (unpaired) electrons. The third-order valence-corrected chi connectivity index (χ3v) is 5.32. The van der Waals surface area contributed by atoms with Crippen LogP contribution in [0, 0.1) is 0 Å². The lowest BCUT2D eigenvalue weighted by Gasteiger charge is -2.19. The van der Waals surface area contributed by atoms with Gasteiger partial charge in [0.2, 0.25) is 0 Å². The Morgan fingerprint density at radius 3 is 2.57 bits per heavy atom. The molecule has 1 saturated heterocycles. The van der Waals surface area contributed by atoms with E-state index in [0.717, 1.165) is 16.2 Å². The van der Waals surface area contributed by atoms with E-state index >= 15 is 0 Å². The number of nitrogens with zero attached hydrogens (tertiary/aromatic N) is 3. The van der Waals surface area contributed by atoms with E-state index in [1.165, 1.54) is 12.4 Å². The van der Waals surface area contributed by atoms with Crippen LogP contribution in [0.1, 0.15) is 39.7 Å². The van der Waals surface area contributed by atoms with Crippen LogP contribution in [0.15, 0.2) is 30.6 Å². The molecule has 1 fully saturated rings. The van der Waals surface area contributed by atoms with Crippen molar-refractivity contribution in [3.63, 3.8) is 0 Å². The molecule has 8 nitrogen and oxygen atoms in total. The molecule has 0 spiro atoms. The number of urea groups is 1. The highest BCUT2D eigenvalue weighted by molar-refractivity contribution is 6.23. The molecule has 1 N–H and O–H groups in total. The lowest BCUT2D eigenvalue weighted by molar-refractivity contribution is -0.121. The number of imide groups is 1. The normalized spacial score (nSPS) is 22.6. The highest BCUT2D eigenvalue weighted by atomic mass is 16.5. The Morgan fingerprint density at radius 1 is 1.21 bits per heavy atom. The van der Waals surface area contributed by atoms with Crippen molar-refractivity contribution >= 4 is 17.6 Å². The largest absolute Gasteiger partial charge is 0.492 e. The summed E-state index contributed by atoms with van der Waals surface area (Å²) in [5, 5.41) is 2.70. The molecule has 0 aliphatic carbocycles. The van der Waals surface area contributed by atoms with Crippen LogP contribution in [0.2, 0.25) is 0 Å². The number of rotatable bonds is 4. The number of carbonyl (C=O) groups is 2. The molecular formula is C20H22N4O4. The molecule has 0 saturated carbocycles. The minimum Gasteiger partial charge on any atom is -0.492 e. The highest BCUT2D eigenvalue weighted by Crippen LogP contribution is 2.40. The zero-order valence-corrected chi connectivity index (χ0v) is 16.3. The number of amides is 3. The van der Waals surface area contributed by atoms with Crippen molar-refractivity contribution in [2.45, 2.75) is 45.1 Å². The Labute approximate surface area is 162 Å². The Balaban J connectivity index is 1.54. The van der Waals surface area contributed by atoms with E-state index in [0.29, 0.717) is 24.5 Å². The number of benzene rings is 1. The molecule has 2 aliphatic heterocycles. The van der Waals surface area contributed by atoms with Gasteiger partial charge in [-0.25, -0.2) is 19.7 Å². The van der Waals surface area contributed by atoms with Crippen LogP contribution >= 0.6 is 0 Å². The van der Waals surface area contributed by atoms with Crippen LogP contribution in [0.25, 0.3) is 0 Å². The minimum absolute atomic E-state index is 0.0885. The maximum Gasteiger partial charge on any atom is 0.329 e. The van der Waals surface area contributed by atoms with Crippen molar-refractivity contribution in [3.8, 4) is 17.5 Å². The van der Waals surface area contributed by atoms with Gasteiger partial charge in [0.15, 0.2) is 0 Å². The average molecular weight is 382 g/mol. The predicted octanol–water partition coefficient (Wildman–Crippen LogP) is 3.16. The number of hydrogen-bond acceptors (Lipinski definition) is 6. The summed E-state index contributed by atoms with van der Waals surface area (Å²) in [5.74, 6) is 1.13. The first-order valence-corrected chi connectivity index (χ1v) is 9.17. The lowest BCUT2D eigenvalue weighted by Crippen LogP contribution is -2.43. The van der Waals surface area contributed by atoms with Crippen LogP contribution < -0.4 is 19.7 Å². The van der Waals surface area contributed by atoms with Crippen molar-refractivity contribution in [1.29, 1.82) is 0 Å². The van der Waals surface area contributed by atoms with Crippen molar-refractivity contribution in [2.24, 2.45) is 0 Å². The summed E-state index contributed by atoms with van der Waals surface area (Å²) in [6.45, 7) is 8.38. The van der Waals surface area contributed by atoms with Gasteiger partial charge in [0.05, 0.1) is 24.7 Å². The fourth-order valence-electron chi connectivity index (χ4n) is 3.30. The van der Waals surface area contributed by atoms with E-state index in [9.17, 15) is 9.59 Å². The summed E-state index contributed by atoms with van der Waals surface area (Å²) in [5.41, 5.74) is 0.371. The van der Waals surface area contributed by atoms with Gasteiger partial charge in [-0.15, -0.1) is 0 Å². The van der Waals surface area contributed by atoms with Crippen molar-refractivity contribution in [2.75, 3.05) is 11.5 Å². The van der Waals surface area contributed by atoms with Gasteiger partial charge in [-0.3, -0.25) is 4.79 Å². The molecule has 4 rings (SSSR count). The fraction of sp³-hybridized carbons (Fsp3) is 0.400. The first-order valence-electron chi connectivity index (χ1n) is 9.17. The topological polar surface area (TPSA) is 93.7 Å². The van der Waals surface area contributed by atoms with Gasteiger partial charge >= 0.3 is 12.0 Å². The van der Waals surface area contributed by atoms with Gasteiger partial charge in [-0.1, -0.05) is 20.8 Å². The van der Waals surface area contributed by atoms with Crippen LogP contribution in [0.3, 0.4) is 0 Å². The maximum atomic E-state index is 12.6. The zero-order chi connectivity index (χ0) is 20.1. The smallest absolute Gasteiger partial charge is 0.329 e. The van der Waals surface area contributed by atoms with E-state index in [2.05, 4.69) is 29.1 Å². The summed E-state index contributed by atoms with van der Waals surface area (Å²) in [6.07, 6.45) is 3.30. The van der Waals surface area contributed by atoms with Crippen LogP contribution in [-0.4, -0.2) is 34.1 Å². The third-order valence-electron chi connectivity index (χ3n) is 5.32. The molecule has 3 amide bonds. The molecule has 146 valence electrons. The monoisotopic (exact) mass is 382 g/mol. The fourth-order valence-corrected chi connectivity index (χ4v) is 3.30. The van der Waals surface area contributed by atoms with Crippen molar-refractivity contribution in [3.05, 3.63) is 36.2 Å². The maximum absolute atomic E-state index is 12.6. The number of ether oxygens (including phenoxy) is 2. The van der Waals surface area contributed by atoms with Gasteiger partial charge < -0.3 is 14.8 Å². The van der Waals surface area contributed by atoms with Gasteiger partial charge in [-0.2, -0.15) is 0 Å². The molecule has 0 bridgehead atoms. The lowest BCUT2D eigenvalue weighted by atomic mass is 9.87. The van der Waals surface area contributed by atoms with E-state index in [1.807, 2.05) is 19.1 Å². The molecular weight excluding hydrogens is 360 g/mol. The molecule has 1 atom stereocenters. The summed E-state index contributed by atoms with van der Waals surface area (Å²) < 4.78 is 11.4. The minimum atomic E-state index is -0.911. The van der Waals surface area contributed by atoms with Crippen LogP contribution in [0.4, 0.5) is 10.5 Å². The molecule has 2 aliphatic rings. The molecule has 1 aromatic heterocycles. The average Bonchev–Trinajstić information content (AvgIpc) is 3.09. The number of hydrogen-bond donors (Lipinski definition) is 1. The number of anilines is 1. The van der Waals surface area contributed by atoms with E-state index in [4.69, 9.17) is 9.47 Å². The van der Waals surface area contributed by atoms with E-state index in [1.54, 1.807) is 13.0 Å². The SMILES string of the molecule is CC[C@@]1(C)NC(=O)N(c2cnc(Oc3ccc4c(c3)C(C)(C)CO4)nc2)C1=O. The van der Waals surface area contributed by atoms with Crippen molar-refractivity contribution in [1.82, 2.24) is 15.3 Å². The Kier molecular flexibility index (Phi) is 4.02. The summed E-state index contributed by atoms with van der Waals surface area (Å²) >= 11 is 0. The Morgan fingerprint density at radius 2 is 1.93 bits per heavy atom. The number of carbonyl (C=O) groups excluding carboxylic acids is 2. The Bertz CT molecular complexity index is 957. The second kappa shape index (κ2) is 6.19. The van der Waals surface area contributed by atoms with E-state index < -0.39 is 11.6 Å². The zero-order valence-electron chi connectivity index (χ0n) is 16.3. The van der Waals surface area contributed by atoms with Crippen LogP contribution in [0.5, 0.6) is 17.5 Å². The third kappa shape index (κ3) is 2.85. The number of fused-ring (bicyclic) bond motifs is 1. The van der Waals surface area contributed by atoms with E-state index in [-0.39, 0.29) is 17.3 Å². The molecule has 28 heavy (non-hydrogen) atoms. The second-order valence-corrected chi connectivity index (χ2v) is 7.91. The predicted molar refractivity (Wildman–Crippen MR) is 102 cm³/mol. The van der Waals surface area contributed by atoms with Gasteiger partial charge in [0.1, 0.15) is 17.0 Å².